The van der Waals surface area contributed by atoms with Gasteiger partial charge in [-0.05, 0) is 30.3 Å². The van der Waals surface area contributed by atoms with Crippen molar-refractivity contribution in [3.05, 3.63) is 69.7 Å². The number of hydrogen-bond donors (Lipinski definition) is 0. The van der Waals surface area contributed by atoms with Crippen LogP contribution in [0.5, 0.6) is 0 Å². The van der Waals surface area contributed by atoms with Crippen LogP contribution in [-0.4, -0.2) is 37.3 Å². The first-order chi connectivity index (χ1) is 11.8. The maximum Gasteiger partial charge on any atom is 0.337 e. The normalized spacial score (nSPS) is 10.8. The zero-order valence-electron chi connectivity index (χ0n) is 13.3. The van der Waals surface area contributed by atoms with Gasteiger partial charge in [-0.1, -0.05) is 17.7 Å². The zero-order valence-corrected chi connectivity index (χ0v) is 14.1. The van der Waals surface area contributed by atoms with Crippen molar-refractivity contribution in [2.24, 2.45) is 5.10 Å². The number of hydrazone groups is 1. The first kappa shape index (κ1) is 18.5. The summed E-state index contributed by atoms with van der Waals surface area (Å²) in [4.78, 5) is 23.5. The third kappa shape index (κ3) is 4.19. The van der Waals surface area contributed by atoms with E-state index in [1.54, 1.807) is 0 Å². The van der Waals surface area contributed by atoms with Crippen LogP contribution in [0.4, 0.5) is 8.78 Å². The quantitative estimate of drug-likeness (QED) is 0.472. The van der Waals surface area contributed by atoms with Gasteiger partial charge in [-0.15, -0.1) is 0 Å². The van der Waals surface area contributed by atoms with Crippen molar-refractivity contribution in [1.82, 2.24) is 5.01 Å². The molecule has 0 heterocycles. The predicted molar refractivity (Wildman–Crippen MR) is 88.8 cm³/mol. The molecule has 130 valence electrons. The van der Waals surface area contributed by atoms with Gasteiger partial charge in [-0.3, -0.25) is 4.79 Å². The first-order valence-corrected chi connectivity index (χ1v) is 7.37. The van der Waals surface area contributed by atoms with Gasteiger partial charge < -0.3 is 4.74 Å². The molecule has 0 radical (unpaired) electrons. The minimum absolute atomic E-state index is 0.0406. The first-order valence-electron chi connectivity index (χ1n) is 6.99. The van der Waals surface area contributed by atoms with E-state index in [9.17, 15) is 18.4 Å². The molecule has 0 unspecified atom stereocenters. The number of benzene rings is 2. The highest BCUT2D eigenvalue weighted by molar-refractivity contribution is 6.31. The van der Waals surface area contributed by atoms with E-state index in [1.165, 1.54) is 44.5 Å². The molecule has 1 amide bonds. The van der Waals surface area contributed by atoms with Crippen molar-refractivity contribution in [3.8, 4) is 0 Å². The number of esters is 1. The van der Waals surface area contributed by atoms with E-state index in [-0.39, 0.29) is 21.7 Å². The van der Waals surface area contributed by atoms with Crippen LogP contribution >= 0.6 is 11.6 Å². The highest BCUT2D eigenvalue weighted by Gasteiger charge is 2.17. The lowest BCUT2D eigenvalue weighted by molar-refractivity contribution is 0.0600. The van der Waals surface area contributed by atoms with Gasteiger partial charge in [0, 0.05) is 12.6 Å². The van der Waals surface area contributed by atoms with E-state index >= 15 is 0 Å². The Labute approximate surface area is 147 Å². The van der Waals surface area contributed by atoms with Crippen LogP contribution in [0.2, 0.25) is 5.02 Å². The van der Waals surface area contributed by atoms with Crippen LogP contribution in [0, 0.1) is 11.6 Å². The number of halogens is 3. The standard InChI is InChI=1S/C17H13ClF2N2O3/c1-22(16(23)12-4-3-5-13(18)15(12)20)21-9-11-7-6-10(8-14(11)19)17(24)25-2/h3-9H,1-2H3/b21-9+. The van der Waals surface area contributed by atoms with Gasteiger partial charge in [-0.25, -0.2) is 18.6 Å². The molecule has 5 nitrogen and oxygen atoms in total. The van der Waals surface area contributed by atoms with Gasteiger partial charge in [0.05, 0.1) is 29.5 Å². The monoisotopic (exact) mass is 366 g/mol. The topological polar surface area (TPSA) is 59.0 Å². The molecule has 0 fully saturated rings. The number of hydrogen-bond acceptors (Lipinski definition) is 4. The van der Waals surface area contributed by atoms with Gasteiger partial charge in [0.25, 0.3) is 5.91 Å². The second-order valence-electron chi connectivity index (χ2n) is 4.90. The molecule has 0 bridgehead atoms. The molecule has 0 saturated heterocycles. The molecule has 0 spiro atoms. The SMILES string of the molecule is COC(=O)c1ccc(/C=N/N(C)C(=O)c2cccc(Cl)c2F)c(F)c1. The molecule has 0 N–H and O–H groups in total. The van der Waals surface area contributed by atoms with Crippen molar-refractivity contribution >= 4 is 29.7 Å². The second-order valence-corrected chi connectivity index (χ2v) is 5.31. The molecule has 0 aromatic heterocycles. The van der Waals surface area contributed by atoms with E-state index in [2.05, 4.69) is 9.84 Å². The van der Waals surface area contributed by atoms with E-state index < -0.39 is 23.5 Å². The summed E-state index contributed by atoms with van der Waals surface area (Å²) in [6, 6.07) is 7.67. The molecule has 2 aromatic rings. The van der Waals surface area contributed by atoms with Crippen molar-refractivity contribution in [3.63, 3.8) is 0 Å². The maximum absolute atomic E-state index is 14.0. The molecule has 8 heteroatoms. The molecule has 0 aliphatic rings. The zero-order chi connectivity index (χ0) is 18.6. The highest BCUT2D eigenvalue weighted by atomic mass is 35.5. The number of carbonyl (C=O) groups excluding carboxylic acids is 2. The molecule has 0 aliphatic heterocycles. The predicted octanol–water partition coefficient (Wildman–Crippen LogP) is 3.51. The Morgan fingerprint density at radius 1 is 1.24 bits per heavy atom. The van der Waals surface area contributed by atoms with Crippen molar-refractivity contribution < 1.29 is 23.1 Å². The smallest absolute Gasteiger partial charge is 0.337 e. The average Bonchev–Trinajstić information content (AvgIpc) is 2.61. The lowest BCUT2D eigenvalue weighted by Crippen LogP contribution is -2.22. The molecule has 0 atom stereocenters. The summed E-state index contributed by atoms with van der Waals surface area (Å²) in [7, 11) is 2.48. The minimum Gasteiger partial charge on any atom is -0.465 e. The Balaban J connectivity index is 2.19. The Morgan fingerprint density at radius 2 is 1.96 bits per heavy atom. The molecule has 0 aliphatic carbocycles. The number of amides is 1. The van der Waals surface area contributed by atoms with Crippen LogP contribution in [0.25, 0.3) is 0 Å². The van der Waals surface area contributed by atoms with Gasteiger partial charge in [0.15, 0.2) is 5.82 Å². The third-order valence-electron chi connectivity index (χ3n) is 3.27. The molecule has 2 rings (SSSR count). The largest absolute Gasteiger partial charge is 0.465 e. The summed E-state index contributed by atoms with van der Waals surface area (Å²) in [5.74, 6) is -3.00. The highest BCUT2D eigenvalue weighted by Crippen LogP contribution is 2.19. The molecule has 0 saturated carbocycles. The van der Waals surface area contributed by atoms with Crippen LogP contribution in [0.15, 0.2) is 41.5 Å². The van der Waals surface area contributed by atoms with Crippen LogP contribution in [0.3, 0.4) is 0 Å². The van der Waals surface area contributed by atoms with Crippen molar-refractivity contribution in [2.75, 3.05) is 14.2 Å². The fraction of sp³-hybridized carbons (Fsp3) is 0.118. The summed E-state index contributed by atoms with van der Waals surface area (Å²) in [5, 5.41) is 4.45. The number of carbonyl (C=O) groups is 2. The Morgan fingerprint density at radius 3 is 2.60 bits per heavy atom. The molecular formula is C17H13ClF2N2O3. The Hall–Kier alpha value is -2.80. The lowest BCUT2D eigenvalue weighted by Gasteiger charge is -2.12. The van der Waals surface area contributed by atoms with E-state index in [1.807, 2.05) is 0 Å². The summed E-state index contributed by atoms with van der Waals surface area (Å²) in [6.45, 7) is 0. The fourth-order valence-corrected chi connectivity index (χ4v) is 2.10. The third-order valence-corrected chi connectivity index (χ3v) is 3.56. The van der Waals surface area contributed by atoms with Gasteiger partial charge in [0.1, 0.15) is 5.82 Å². The maximum atomic E-state index is 14.0. The number of methoxy groups -OCH3 is 1. The number of ether oxygens (including phenoxy) is 1. The fourth-order valence-electron chi connectivity index (χ4n) is 1.92. The van der Waals surface area contributed by atoms with E-state index in [0.717, 1.165) is 17.3 Å². The molecule has 25 heavy (non-hydrogen) atoms. The van der Waals surface area contributed by atoms with Crippen LogP contribution in [-0.2, 0) is 4.74 Å². The number of rotatable bonds is 4. The van der Waals surface area contributed by atoms with Gasteiger partial charge in [-0.2, -0.15) is 5.10 Å². The Bertz CT molecular complexity index is 856. The van der Waals surface area contributed by atoms with Crippen molar-refractivity contribution in [2.45, 2.75) is 0 Å². The lowest BCUT2D eigenvalue weighted by atomic mass is 10.1. The average molecular weight is 367 g/mol. The van der Waals surface area contributed by atoms with Gasteiger partial charge >= 0.3 is 5.97 Å². The van der Waals surface area contributed by atoms with Crippen LogP contribution in [0.1, 0.15) is 26.3 Å². The van der Waals surface area contributed by atoms with Crippen LogP contribution < -0.4 is 0 Å². The van der Waals surface area contributed by atoms with E-state index in [4.69, 9.17) is 11.6 Å². The van der Waals surface area contributed by atoms with E-state index in [0.29, 0.717) is 0 Å². The summed E-state index contributed by atoms with van der Waals surface area (Å²) < 4.78 is 32.3. The summed E-state index contributed by atoms with van der Waals surface area (Å²) in [6.07, 6.45) is 1.08. The summed E-state index contributed by atoms with van der Waals surface area (Å²) in [5.41, 5.74) is -0.171. The minimum atomic E-state index is -0.857. The van der Waals surface area contributed by atoms with Gasteiger partial charge in [0.2, 0.25) is 0 Å². The second kappa shape index (κ2) is 7.85. The summed E-state index contributed by atoms with van der Waals surface area (Å²) >= 11 is 5.64. The molecule has 2 aromatic carbocycles. The van der Waals surface area contributed by atoms with Crippen molar-refractivity contribution in [1.29, 1.82) is 0 Å². The Kier molecular flexibility index (Phi) is 5.82. The number of nitrogens with zero attached hydrogens (tertiary/aromatic N) is 2. The molecular weight excluding hydrogens is 354 g/mol.